The van der Waals surface area contributed by atoms with Crippen LogP contribution in [-0.4, -0.2) is 4.21 Å². The van der Waals surface area contributed by atoms with Crippen molar-refractivity contribution in [3.63, 3.8) is 0 Å². The molecule has 0 radical (unpaired) electrons. The summed E-state index contributed by atoms with van der Waals surface area (Å²) in [5, 5.41) is 0. The Balaban J connectivity index is 0.000000399. The zero-order valence-corrected chi connectivity index (χ0v) is 12.8. The van der Waals surface area contributed by atoms with Gasteiger partial charge in [0.2, 0.25) is 9.23 Å². The first kappa shape index (κ1) is 16.3. The predicted octanol–water partition coefficient (Wildman–Crippen LogP) is 5.26. The van der Waals surface area contributed by atoms with E-state index in [9.17, 15) is 0 Å². The molecule has 2 rings (SSSR count). The van der Waals surface area contributed by atoms with Gasteiger partial charge in [-0.05, 0) is 29.8 Å². The summed E-state index contributed by atoms with van der Waals surface area (Å²) in [7, 11) is 7.36. The molecule has 0 saturated heterocycles. The second kappa shape index (κ2) is 9.21. The molecule has 0 heterocycles. The molecule has 102 valence electrons. The lowest BCUT2D eigenvalue weighted by molar-refractivity contribution is 0.482. The zero-order valence-electron chi connectivity index (χ0n) is 9.76. The Labute approximate surface area is 128 Å². The molecule has 19 heavy (non-hydrogen) atoms. The molecule has 6 heteroatoms. The van der Waals surface area contributed by atoms with E-state index in [0.29, 0.717) is 5.88 Å². The molecule has 2 nitrogen and oxygen atoms in total. The lowest BCUT2D eigenvalue weighted by atomic mass is 10.2. The van der Waals surface area contributed by atoms with Crippen molar-refractivity contribution in [2.24, 2.45) is 0 Å². The maximum Gasteiger partial charge on any atom is 0.211 e. The van der Waals surface area contributed by atoms with E-state index in [1.807, 2.05) is 54.6 Å². The summed E-state index contributed by atoms with van der Waals surface area (Å²) >= 11 is 5.70. The van der Waals surface area contributed by atoms with Crippen LogP contribution in [0.1, 0.15) is 5.56 Å². The highest BCUT2D eigenvalue weighted by molar-refractivity contribution is 8.26. The van der Waals surface area contributed by atoms with E-state index >= 15 is 0 Å². The van der Waals surface area contributed by atoms with E-state index in [2.05, 4.69) is 21.4 Å². The van der Waals surface area contributed by atoms with Crippen LogP contribution in [-0.2, 0) is 15.1 Å². The van der Waals surface area contributed by atoms with E-state index in [-0.39, 0.29) is 0 Å². The molecule has 0 aliphatic carbocycles. The zero-order chi connectivity index (χ0) is 14.1. The van der Waals surface area contributed by atoms with Crippen molar-refractivity contribution in [1.29, 1.82) is 0 Å². The molecule has 0 spiro atoms. The van der Waals surface area contributed by atoms with Gasteiger partial charge >= 0.3 is 0 Å². The molecule has 0 aliphatic rings. The molecular formula is C13H11Cl3O2S. The van der Waals surface area contributed by atoms with Gasteiger partial charge in [-0.2, -0.15) is 0 Å². The van der Waals surface area contributed by atoms with E-state index in [1.165, 1.54) is 0 Å². The number of rotatable bonds is 3. The van der Waals surface area contributed by atoms with Gasteiger partial charge in [0.15, 0.2) is 0 Å². The van der Waals surface area contributed by atoms with Gasteiger partial charge in [0.1, 0.15) is 11.5 Å². The molecular weight excluding hydrogens is 327 g/mol. The Morgan fingerprint density at radius 3 is 1.84 bits per heavy atom. The summed E-state index contributed by atoms with van der Waals surface area (Å²) < 4.78 is 14.7. The number of para-hydroxylation sites is 1. The summed E-state index contributed by atoms with van der Waals surface area (Å²) in [6.45, 7) is 0. The molecule has 0 aliphatic heterocycles. The van der Waals surface area contributed by atoms with Crippen LogP contribution in [0.4, 0.5) is 0 Å². The van der Waals surface area contributed by atoms with Gasteiger partial charge in [0.25, 0.3) is 0 Å². The molecule has 0 N–H and O–H groups in total. The van der Waals surface area contributed by atoms with Crippen molar-refractivity contribution in [2.75, 3.05) is 0 Å². The van der Waals surface area contributed by atoms with Crippen LogP contribution in [0, 0.1) is 0 Å². The average molecular weight is 338 g/mol. The third-order valence-corrected chi connectivity index (χ3v) is 2.37. The van der Waals surface area contributed by atoms with Gasteiger partial charge < -0.3 is 4.74 Å². The molecule has 0 atom stereocenters. The van der Waals surface area contributed by atoms with Crippen LogP contribution < -0.4 is 4.74 Å². The highest BCUT2D eigenvalue weighted by atomic mass is 36.0. The maximum atomic E-state index is 9.09. The first-order valence-electron chi connectivity index (χ1n) is 5.24. The number of hydrogen-bond acceptors (Lipinski definition) is 2. The van der Waals surface area contributed by atoms with E-state index in [1.54, 1.807) is 0 Å². The minimum atomic E-state index is -1.67. The Kier molecular flexibility index (Phi) is 7.91. The van der Waals surface area contributed by atoms with Crippen LogP contribution >= 0.6 is 33.0 Å². The average Bonchev–Trinajstić information content (AvgIpc) is 2.40. The summed E-state index contributed by atoms with van der Waals surface area (Å²) in [5.74, 6) is 2.21. The molecule has 0 aromatic heterocycles. The number of alkyl halides is 1. The lowest BCUT2D eigenvalue weighted by Crippen LogP contribution is -1.84. The standard InChI is InChI=1S/C13H11ClO.Cl2OS/c14-10-11-6-8-13(9-7-11)15-12-4-2-1-3-5-12;1-4(2)3/h1-9H,10H2;. The largest absolute Gasteiger partial charge is 0.457 e. The minimum absolute atomic E-state index is 0.533. The number of halogens is 3. The SMILES string of the molecule is ClCc1ccc(Oc2ccccc2)cc1.O=S(Cl)Cl. The van der Waals surface area contributed by atoms with E-state index in [4.69, 9.17) is 20.5 Å². The Morgan fingerprint density at radius 1 is 0.895 bits per heavy atom. The molecule has 0 unspecified atom stereocenters. The van der Waals surface area contributed by atoms with E-state index in [0.717, 1.165) is 17.1 Å². The Bertz CT molecular complexity index is 499. The van der Waals surface area contributed by atoms with Crippen molar-refractivity contribution < 1.29 is 8.95 Å². The topological polar surface area (TPSA) is 26.3 Å². The predicted molar refractivity (Wildman–Crippen MR) is 82.4 cm³/mol. The van der Waals surface area contributed by atoms with Crippen molar-refractivity contribution in [1.82, 2.24) is 0 Å². The second-order valence-electron chi connectivity index (χ2n) is 3.38. The summed E-state index contributed by atoms with van der Waals surface area (Å²) in [4.78, 5) is 0. The molecule has 2 aromatic rings. The Hall–Kier alpha value is -0.740. The quantitative estimate of drug-likeness (QED) is 0.564. The smallest absolute Gasteiger partial charge is 0.211 e. The Morgan fingerprint density at radius 2 is 1.37 bits per heavy atom. The summed E-state index contributed by atoms with van der Waals surface area (Å²) in [6.07, 6.45) is 0. The van der Waals surface area contributed by atoms with Crippen molar-refractivity contribution in [3.05, 3.63) is 60.2 Å². The van der Waals surface area contributed by atoms with Gasteiger partial charge in [-0.3, -0.25) is 0 Å². The minimum Gasteiger partial charge on any atom is -0.457 e. The van der Waals surface area contributed by atoms with Crippen molar-refractivity contribution in [2.45, 2.75) is 5.88 Å². The third kappa shape index (κ3) is 7.43. The van der Waals surface area contributed by atoms with Gasteiger partial charge in [-0.25, -0.2) is 4.21 Å². The lowest BCUT2D eigenvalue weighted by Gasteiger charge is -2.05. The van der Waals surface area contributed by atoms with Crippen molar-refractivity contribution >= 4 is 42.2 Å². The normalized spacial score (nSPS) is 9.68. The third-order valence-electron chi connectivity index (χ3n) is 2.06. The van der Waals surface area contributed by atoms with Crippen LogP contribution in [0.2, 0.25) is 0 Å². The van der Waals surface area contributed by atoms with Crippen LogP contribution in [0.5, 0.6) is 11.5 Å². The first-order chi connectivity index (χ1) is 9.11. The van der Waals surface area contributed by atoms with E-state index < -0.39 is 9.23 Å². The van der Waals surface area contributed by atoms with Crippen LogP contribution in [0.15, 0.2) is 54.6 Å². The second-order valence-corrected chi connectivity index (χ2v) is 6.17. The molecule has 0 fully saturated rings. The number of ether oxygens (including phenoxy) is 1. The number of benzene rings is 2. The van der Waals surface area contributed by atoms with Gasteiger partial charge in [-0.1, -0.05) is 30.3 Å². The van der Waals surface area contributed by atoms with Gasteiger partial charge in [0.05, 0.1) is 0 Å². The number of hydrogen-bond donors (Lipinski definition) is 0. The summed E-state index contributed by atoms with van der Waals surface area (Å²) in [6, 6.07) is 17.5. The fourth-order valence-corrected chi connectivity index (χ4v) is 1.45. The van der Waals surface area contributed by atoms with Crippen LogP contribution in [0.25, 0.3) is 0 Å². The molecule has 0 bridgehead atoms. The first-order valence-corrected chi connectivity index (χ1v) is 8.57. The monoisotopic (exact) mass is 336 g/mol. The van der Waals surface area contributed by atoms with Crippen LogP contribution in [0.3, 0.4) is 0 Å². The van der Waals surface area contributed by atoms with Gasteiger partial charge in [-0.15, -0.1) is 11.6 Å². The highest BCUT2D eigenvalue weighted by Gasteiger charge is 1.96. The fourth-order valence-electron chi connectivity index (χ4n) is 1.27. The summed E-state index contributed by atoms with van der Waals surface area (Å²) in [5.41, 5.74) is 1.09. The fraction of sp³-hybridized carbons (Fsp3) is 0.0769. The highest BCUT2D eigenvalue weighted by Crippen LogP contribution is 2.21. The molecule has 0 amide bonds. The van der Waals surface area contributed by atoms with Gasteiger partial charge in [0, 0.05) is 27.2 Å². The molecule has 0 saturated carbocycles. The maximum absolute atomic E-state index is 9.09. The molecule has 2 aromatic carbocycles. The van der Waals surface area contributed by atoms with Crippen molar-refractivity contribution in [3.8, 4) is 11.5 Å².